The third-order valence-electron chi connectivity index (χ3n) is 14.0. The molecule has 5 aliphatic heterocycles. The fourth-order valence-electron chi connectivity index (χ4n) is 10.3. The Bertz CT molecular complexity index is 2750. The average Bonchev–Trinajstić information content (AvgIpc) is 3.94. The van der Waals surface area contributed by atoms with E-state index in [-0.39, 0.29) is 60.6 Å². The molecule has 5 heterocycles. The van der Waals surface area contributed by atoms with Gasteiger partial charge < -0.3 is 38.1 Å². The first-order chi connectivity index (χ1) is 34.2. The number of methoxy groups -OCH3 is 3. The van der Waals surface area contributed by atoms with Crippen LogP contribution in [0.3, 0.4) is 0 Å². The molecule has 5 aliphatic rings. The summed E-state index contributed by atoms with van der Waals surface area (Å²) in [4.78, 5) is 44.2. The number of rotatable bonds is 18. The average molecular weight is 962 g/mol. The van der Waals surface area contributed by atoms with Crippen LogP contribution in [0.5, 0.6) is 23.0 Å². The summed E-state index contributed by atoms with van der Waals surface area (Å²) >= 11 is 0. The lowest BCUT2D eigenvalue weighted by molar-refractivity contribution is -0.00988. The van der Waals surface area contributed by atoms with E-state index in [1.54, 1.807) is 45.6 Å². The Balaban J connectivity index is 0.963. The summed E-state index contributed by atoms with van der Waals surface area (Å²) in [5.41, 5.74) is 8.10. The molecule has 5 aromatic rings. The fourth-order valence-corrected chi connectivity index (χ4v) is 10.3. The number of carbonyl (C=O) groups excluding carboxylic acids is 2. The molecule has 10 rings (SSSR count). The number of amides is 2. The summed E-state index contributed by atoms with van der Waals surface area (Å²) < 4.78 is 42.6. The van der Waals surface area contributed by atoms with E-state index >= 15 is 0 Å². The smallest absolute Gasteiger partial charge is 0.261 e. The first-order valence-electron chi connectivity index (χ1n) is 24.6. The summed E-state index contributed by atoms with van der Waals surface area (Å²) in [6, 6.07) is 29.1. The number of fused-ring (bicyclic) bond motifs is 8. The molecule has 2 amide bonds. The van der Waals surface area contributed by atoms with Gasteiger partial charge in [0.15, 0.2) is 29.3 Å². The third-order valence-corrected chi connectivity index (χ3v) is 14.0. The quantitative estimate of drug-likeness (QED) is 0.0781. The third kappa shape index (κ3) is 9.85. The van der Waals surface area contributed by atoms with Gasteiger partial charge in [-0.25, -0.2) is 0 Å². The molecule has 1 saturated heterocycles. The minimum absolute atomic E-state index is 0.0733. The molecule has 0 spiro atoms. The van der Waals surface area contributed by atoms with E-state index < -0.39 is 0 Å². The molecule has 4 atom stereocenters. The molecule has 0 N–H and O–H groups in total. The number of hydrogen-bond acceptors (Lipinski definition) is 12. The van der Waals surface area contributed by atoms with Crippen LogP contribution in [0.1, 0.15) is 96.9 Å². The van der Waals surface area contributed by atoms with Gasteiger partial charge in [0.1, 0.15) is 19.3 Å². The Hall–Kier alpha value is -6.74. The molecular formula is C57H63N5O9. The van der Waals surface area contributed by atoms with Gasteiger partial charge in [-0.1, -0.05) is 36.4 Å². The number of hydrogen-bond donors (Lipinski definition) is 0. The summed E-state index contributed by atoms with van der Waals surface area (Å²) in [5.74, 6) is 1.52. The van der Waals surface area contributed by atoms with Crippen LogP contribution in [0.2, 0.25) is 0 Å². The van der Waals surface area contributed by atoms with Gasteiger partial charge in [-0.05, 0) is 119 Å². The maximum atomic E-state index is 14.2. The molecule has 1 fully saturated rings. The second-order valence-corrected chi connectivity index (χ2v) is 20.4. The molecule has 0 bridgehead atoms. The first-order valence-corrected chi connectivity index (χ1v) is 24.6. The van der Waals surface area contributed by atoms with Crippen molar-refractivity contribution in [3.8, 4) is 23.0 Å². The van der Waals surface area contributed by atoms with Gasteiger partial charge in [0.25, 0.3) is 11.8 Å². The second kappa shape index (κ2) is 19.5. The van der Waals surface area contributed by atoms with Crippen molar-refractivity contribution < 1.29 is 42.7 Å². The van der Waals surface area contributed by atoms with Gasteiger partial charge >= 0.3 is 0 Å². The zero-order valence-corrected chi connectivity index (χ0v) is 41.9. The Kier molecular flexibility index (Phi) is 13.1. The SMILES string of the molecule is COc1cc2c(cc1OCc1cc(COc3cc4c(cc3OC)C(=O)N3c5ccccc5C[C@H]3C=N4)cc(N(CCCC3OC3OC)C(C)(C)CCOC(C)(C)C)c1)N=C[C@@H]1Cc3ccccc3N1C2=O. The normalized spacial score (nSPS) is 19.5. The number of ether oxygens (including phenoxy) is 7. The van der Waals surface area contributed by atoms with E-state index in [4.69, 9.17) is 43.1 Å². The zero-order chi connectivity index (χ0) is 49.6. The predicted molar refractivity (Wildman–Crippen MR) is 276 cm³/mol. The predicted octanol–water partition coefficient (Wildman–Crippen LogP) is 10.4. The van der Waals surface area contributed by atoms with Crippen LogP contribution in [0, 0.1) is 0 Å². The number of nitrogens with zero attached hydrogens (tertiary/aromatic N) is 5. The monoisotopic (exact) mass is 961 g/mol. The largest absolute Gasteiger partial charge is 0.493 e. The number of aliphatic imine (C=N–C) groups is 2. The minimum Gasteiger partial charge on any atom is -0.493 e. The van der Waals surface area contributed by atoms with Crippen molar-refractivity contribution in [3.63, 3.8) is 0 Å². The highest BCUT2D eigenvalue weighted by Gasteiger charge is 2.40. The molecule has 0 aliphatic carbocycles. The summed E-state index contributed by atoms with van der Waals surface area (Å²) in [6.07, 6.45) is 7.50. The van der Waals surface area contributed by atoms with Crippen LogP contribution in [0.15, 0.2) is 101 Å². The second-order valence-electron chi connectivity index (χ2n) is 20.4. The van der Waals surface area contributed by atoms with E-state index in [1.807, 2.05) is 58.6 Å². The molecule has 0 radical (unpaired) electrons. The van der Waals surface area contributed by atoms with Crippen LogP contribution in [-0.4, -0.2) is 94.3 Å². The van der Waals surface area contributed by atoms with Crippen LogP contribution < -0.4 is 33.6 Å². The van der Waals surface area contributed by atoms with Crippen molar-refractivity contribution in [2.24, 2.45) is 9.98 Å². The molecular weight excluding hydrogens is 899 g/mol. The molecule has 0 saturated carbocycles. The van der Waals surface area contributed by atoms with E-state index in [2.05, 4.69) is 69.9 Å². The van der Waals surface area contributed by atoms with Crippen molar-refractivity contribution in [2.75, 3.05) is 49.2 Å². The zero-order valence-electron chi connectivity index (χ0n) is 41.9. The number of para-hydroxylation sites is 2. The maximum absolute atomic E-state index is 14.2. The number of epoxide rings is 1. The Morgan fingerprint density at radius 1 is 0.676 bits per heavy atom. The molecule has 14 nitrogen and oxygen atoms in total. The van der Waals surface area contributed by atoms with Crippen LogP contribution >= 0.6 is 0 Å². The molecule has 0 aromatic heterocycles. The van der Waals surface area contributed by atoms with Gasteiger partial charge in [0, 0.05) is 80.3 Å². The highest BCUT2D eigenvalue weighted by molar-refractivity contribution is 6.15. The summed E-state index contributed by atoms with van der Waals surface area (Å²) in [6.45, 7) is 12.4. The van der Waals surface area contributed by atoms with E-state index in [9.17, 15) is 9.59 Å². The molecule has 5 aromatic carbocycles. The van der Waals surface area contributed by atoms with Gasteiger partial charge in [-0.2, -0.15) is 0 Å². The number of benzene rings is 5. The van der Waals surface area contributed by atoms with Crippen LogP contribution in [0.4, 0.5) is 28.4 Å². The van der Waals surface area contributed by atoms with E-state index in [0.29, 0.717) is 64.9 Å². The molecule has 370 valence electrons. The summed E-state index contributed by atoms with van der Waals surface area (Å²) in [7, 11) is 4.83. The van der Waals surface area contributed by atoms with Gasteiger partial charge in [-0.15, -0.1) is 0 Å². The van der Waals surface area contributed by atoms with Crippen LogP contribution in [0.25, 0.3) is 0 Å². The van der Waals surface area contributed by atoms with Gasteiger partial charge in [0.05, 0.1) is 54.4 Å². The van der Waals surface area contributed by atoms with Crippen LogP contribution in [-0.2, 0) is 40.3 Å². The van der Waals surface area contributed by atoms with E-state index in [1.165, 1.54) is 0 Å². The van der Waals surface area contributed by atoms with E-state index in [0.717, 1.165) is 65.1 Å². The molecule has 2 unspecified atom stereocenters. The van der Waals surface area contributed by atoms with Crippen molar-refractivity contribution in [1.82, 2.24) is 0 Å². The van der Waals surface area contributed by atoms with Crippen molar-refractivity contribution >= 4 is 52.7 Å². The van der Waals surface area contributed by atoms with Crippen molar-refractivity contribution in [3.05, 3.63) is 124 Å². The first kappa shape index (κ1) is 47.9. The Labute approximate surface area is 416 Å². The lowest BCUT2D eigenvalue weighted by atomic mass is 9.95. The standard InChI is InChI=1S/C57H63N5O9/c1-56(2,3)70-21-19-57(4,5)60(20-13-18-48-55(67-8)71-48)39-23-35(33-68-51-29-44-42(27-49(51)65-6)53(63)61-40(31-58-44)25-37-14-9-11-16-46(37)61)22-36(24-39)34-69-52-30-45-43(28-50(52)66-7)54(64)62-41(32-59-45)26-38-15-10-12-17-47(38)62/h9-12,14-17,22-24,27-32,40-41,48,55H,13,18-21,25-26,33-34H2,1-8H3/t40-,41-,48?,55?/m0/s1. The van der Waals surface area contributed by atoms with Crippen molar-refractivity contribution in [1.29, 1.82) is 0 Å². The van der Waals surface area contributed by atoms with Gasteiger partial charge in [0.2, 0.25) is 0 Å². The lowest BCUT2D eigenvalue weighted by Crippen LogP contribution is -2.46. The molecule has 71 heavy (non-hydrogen) atoms. The van der Waals surface area contributed by atoms with Gasteiger partial charge in [-0.3, -0.25) is 29.4 Å². The lowest BCUT2D eigenvalue weighted by Gasteiger charge is -2.41. The Morgan fingerprint density at radius 3 is 1.68 bits per heavy atom. The Morgan fingerprint density at radius 2 is 1.20 bits per heavy atom. The topological polar surface area (TPSA) is 136 Å². The highest BCUT2D eigenvalue weighted by atomic mass is 16.8. The number of carbonyl (C=O) groups is 2. The fraction of sp³-hybridized carbons (Fsp3) is 0.404. The summed E-state index contributed by atoms with van der Waals surface area (Å²) in [5, 5.41) is 0. The highest BCUT2D eigenvalue weighted by Crippen LogP contribution is 2.44. The maximum Gasteiger partial charge on any atom is 0.261 e. The minimum atomic E-state index is -0.340. The number of anilines is 3. The molecule has 14 heteroatoms. The van der Waals surface area contributed by atoms with Crippen molar-refractivity contribution in [2.45, 2.75) is 116 Å².